The first-order valence-electron chi connectivity index (χ1n) is 5.59. The molecular formula is C14H11F2NO2. The molecule has 0 bridgehead atoms. The second-order valence-electron chi connectivity index (χ2n) is 3.99. The van der Waals surface area contributed by atoms with Crippen LogP contribution in [0.3, 0.4) is 0 Å². The minimum atomic E-state index is -0.932. The number of ether oxygens (including phenoxy) is 1. The average molecular weight is 263 g/mol. The minimum Gasteiger partial charge on any atom is -0.487 e. The highest BCUT2D eigenvalue weighted by molar-refractivity contribution is 5.76. The molecular weight excluding hydrogens is 252 g/mol. The minimum absolute atomic E-state index is 0.0305. The maximum Gasteiger partial charge on any atom is 0.172 e. The number of carbonyl (C=O) groups excluding carboxylic acids is 1. The van der Waals surface area contributed by atoms with Crippen molar-refractivity contribution < 1.29 is 18.3 Å². The number of nitrogens with zero attached hydrogens (tertiary/aromatic N) is 1. The van der Waals surface area contributed by atoms with Gasteiger partial charge in [-0.15, -0.1) is 0 Å². The van der Waals surface area contributed by atoms with Crippen LogP contribution in [-0.2, 0) is 6.61 Å². The van der Waals surface area contributed by atoms with Gasteiger partial charge in [0.1, 0.15) is 18.1 Å². The van der Waals surface area contributed by atoms with Gasteiger partial charge in [0.05, 0.1) is 0 Å². The van der Waals surface area contributed by atoms with Gasteiger partial charge in [-0.3, -0.25) is 4.79 Å². The van der Waals surface area contributed by atoms with Crippen LogP contribution in [0.15, 0.2) is 30.3 Å². The van der Waals surface area contributed by atoms with E-state index in [4.69, 9.17) is 4.74 Å². The largest absolute Gasteiger partial charge is 0.487 e. The lowest BCUT2D eigenvalue weighted by atomic mass is 10.2. The third-order valence-electron chi connectivity index (χ3n) is 2.52. The Morgan fingerprint density at radius 1 is 1.21 bits per heavy atom. The first-order chi connectivity index (χ1) is 9.10. The summed E-state index contributed by atoms with van der Waals surface area (Å²) < 4.78 is 31.1. The van der Waals surface area contributed by atoms with E-state index in [0.717, 1.165) is 12.1 Å². The quantitative estimate of drug-likeness (QED) is 0.796. The van der Waals surface area contributed by atoms with Gasteiger partial charge in [-0.1, -0.05) is 6.07 Å². The number of hydrogen-bond donors (Lipinski definition) is 0. The summed E-state index contributed by atoms with van der Waals surface area (Å²) in [4.78, 5) is 14.8. The van der Waals surface area contributed by atoms with E-state index in [1.165, 1.54) is 6.07 Å². The average Bonchev–Trinajstić information content (AvgIpc) is 2.41. The molecule has 1 aromatic heterocycles. The van der Waals surface area contributed by atoms with Crippen molar-refractivity contribution in [3.05, 3.63) is 58.9 Å². The van der Waals surface area contributed by atoms with Crippen LogP contribution in [0, 0.1) is 18.6 Å². The van der Waals surface area contributed by atoms with Crippen LogP contribution in [0.2, 0.25) is 0 Å². The highest BCUT2D eigenvalue weighted by atomic mass is 19.2. The molecule has 3 nitrogen and oxygen atoms in total. The molecule has 1 heterocycles. The first kappa shape index (κ1) is 13.1. The van der Waals surface area contributed by atoms with E-state index >= 15 is 0 Å². The maximum absolute atomic E-state index is 13.0. The van der Waals surface area contributed by atoms with Crippen molar-refractivity contribution in [2.24, 2.45) is 0 Å². The zero-order valence-electron chi connectivity index (χ0n) is 10.2. The van der Waals surface area contributed by atoms with Gasteiger partial charge in [0, 0.05) is 5.69 Å². The maximum atomic E-state index is 13.0. The number of benzene rings is 1. The highest BCUT2D eigenvalue weighted by Gasteiger charge is 2.07. The molecule has 0 aliphatic rings. The molecule has 0 atom stereocenters. The Labute approximate surface area is 108 Å². The van der Waals surface area contributed by atoms with Crippen molar-refractivity contribution >= 4 is 6.29 Å². The fourth-order valence-corrected chi connectivity index (χ4v) is 1.56. The molecule has 0 amide bonds. The van der Waals surface area contributed by atoms with Crippen molar-refractivity contribution in [1.82, 2.24) is 4.98 Å². The van der Waals surface area contributed by atoms with Gasteiger partial charge >= 0.3 is 0 Å². The summed E-state index contributed by atoms with van der Waals surface area (Å²) in [5.41, 5.74) is 1.35. The number of aryl methyl sites for hydroxylation is 1. The third kappa shape index (κ3) is 3.13. The van der Waals surface area contributed by atoms with Crippen molar-refractivity contribution in [3.63, 3.8) is 0 Å². The predicted molar refractivity (Wildman–Crippen MR) is 65.1 cm³/mol. The van der Waals surface area contributed by atoms with Gasteiger partial charge in [0.15, 0.2) is 17.9 Å². The summed E-state index contributed by atoms with van der Waals surface area (Å²) in [5.74, 6) is -1.53. The molecule has 98 valence electrons. The van der Waals surface area contributed by atoms with Crippen molar-refractivity contribution in [2.75, 3.05) is 0 Å². The van der Waals surface area contributed by atoms with Crippen LogP contribution in [-0.4, -0.2) is 11.3 Å². The fraction of sp³-hybridized carbons (Fsp3) is 0.143. The van der Waals surface area contributed by atoms with Crippen LogP contribution in [0.1, 0.15) is 21.7 Å². The van der Waals surface area contributed by atoms with Crippen LogP contribution in [0.5, 0.6) is 5.75 Å². The van der Waals surface area contributed by atoms with Gasteiger partial charge in [-0.05, 0) is 36.8 Å². The van der Waals surface area contributed by atoms with E-state index < -0.39 is 11.6 Å². The van der Waals surface area contributed by atoms with Gasteiger partial charge in [0.25, 0.3) is 0 Å². The summed E-state index contributed by atoms with van der Waals surface area (Å²) in [6.45, 7) is 1.79. The van der Waals surface area contributed by atoms with E-state index in [9.17, 15) is 13.6 Å². The molecule has 0 unspecified atom stereocenters. The molecule has 0 aliphatic heterocycles. The number of rotatable bonds is 4. The second-order valence-corrected chi connectivity index (χ2v) is 3.99. The van der Waals surface area contributed by atoms with Crippen molar-refractivity contribution in [2.45, 2.75) is 13.5 Å². The third-order valence-corrected chi connectivity index (χ3v) is 2.52. The van der Waals surface area contributed by atoms with E-state index in [0.29, 0.717) is 23.3 Å². The number of aromatic nitrogens is 1. The SMILES string of the molecule is Cc1ccc(OCc2ccc(F)c(F)c2)c(C=O)n1. The van der Waals surface area contributed by atoms with E-state index in [2.05, 4.69) is 4.98 Å². The second kappa shape index (κ2) is 5.56. The molecule has 0 fully saturated rings. The van der Waals surface area contributed by atoms with Crippen LogP contribution in [0.25, 0.3) is 0 Å². The molecule has 0 aliphatic carbocycles. The summed E-state index contributed by atoms with van der Waals surface area (Å²) >= 11 is 0. The van der Waals surface area contributed by atoms with Crippen LogP contribution in [0.4, 0.5) is 8.78 Å². The molecule has 1 aromatic carbocycles. The van der Waals surface area contributed by atoms with Crippen LogP contribution < -0.4 is 4.74 Å². The molecule has 2 rings (SSSR count). The molecule has 0 radical (unpaired) electrons. The summed E-state index contributed by atoms with van der Waals surface area (Å²) in [6, 6.07) is 6.82. The Kier molecular flexibility index (Phi) is 3.85. The number of carbonyl (C=O) groups is 1. The van der Waals surface area contributed by atoms with Gasteiger partial charge in [-0.2, -0.15) is 0 Å². The monoisotopic (exact) mass is 263 g/mol. The Morgan fingerprint density at radius 3 is 2.68 bits per heavy atom. The lowest BCUT2D eigenvalue weighted by Gasteiger charge is -2.08. The molecule has 0 saturated heterocycles. The Balaban J connectivity index is 2.14. The van der Waals surface area contributed by atoms with Crippen molar-refractivity contribution in [3.8, 4) is 5.75 Å². The van der Waals surface area contributed by atoms with Crippen molar-refractivity contribution in [1.29, 1.82) is 0 Å². The van der Waals surface area contributed by atoms with Crippen LogP contribution >= 0.6 is 0 Å². The van der Waals surface area contributed by atoms with Gasteiger partial charge in [-0.25, -0.2) is 13.8 Å². The number of aldehydes is 1. The predicted octanol–water partition coefficient (Wildman–Crippen LogP) is 3.06. The number of halogens is 2. The molecule has 0 spiro atoms. The van der Waals surface area contributed by atoms with Gasteiger partial charge in [0.2, 0.25) is 0 Å². The lowest BCUT2D eigenvalue weighted by molar-refractivity contribution is 0.111. The van der Waals surface area contributed by atoms with E-state index in [-0.39, 0.29) is 12.3 Å². The van der Waals surface area contributed by atoms with Gasteiger partial charge < -0.3 is 4.74 Å². The number of pyridine rings is 1. The highest BCUT2D eigenvalue weighted by Crippen LogP contribution is 2.17. The summed E-state index contributed by atoms with van der Waals surface area (Å²) in [5, 5.41) is 0. The normalized spacial score (nSPS) is 10.3. The summed E-state index contributed by atoms with van der Waals surface area (Å²) in [7, 11) is 0. The molecule has 5 heteroatoms. The van der Waals surface area contributed by atoms with E-state index in [1.54, 1.807) is 19.1 Å². The Bertz CT molecular complexity index is 614. The zero-order valence-corrected chi connectivity index (χ0v) is 10.2. The first-order valence-corrected chi connectivity index (χ1v) is 5.59. The molecule has 0 N–H and O–H groups in total. The molecule has 0 saturated carbocycles. The Morgan fingerprint density at radius 2 is 2.00 bits per heavy atom. The number of hydrogen-bond acceptors (Lipinski definition) is 3. The smallest absolute Gasteiger partial charge is 0.172 e. The zero-order chi connectivity index (χ0) is 13.8. The fourth-order valence-electron chi connectivity index (χ4n) is 1.56. The lowest BCUT2D eigenvalue weighted by Crippen LogP contribution is -2.01. The topological polar surface area (TPSA) is 39.2 Å². The summed E-state index contributed by atoms with van der Waals surface area (Å²) in [6.07, 6.45) is 0.591. The van der Waals surface area contributed by atoms with E-state index in [1.807, 2.05) is 0 Å². The Hall–Kier alpha value is -2.30. The molecule has 19 heavy (non-hydrogen) atoms. The molecule has 2 aromatic rings. The standard InChI is InChI=1S/C14H11F2NO2/c1-9-2-5-14(13(7-18)17-9)19-8-10-3-4-11(15)12(16)6-10/h2-7H,8H2,1H3.